The van der Waals surface area contributed by atoms with Crippen molar-refractivity contribution in [2.75, 3.05) is 26.7 Å². The third kappa shape index (κ3) is 2.87. The summed E-state index contributed by atoms with van der Waals surface area (Å²) in [5.41, 5.74) is -0.259. The molecule has 2 fully saturated rings. The van der Waals surface area contributed by atoms with Gasteiger partial charge in [-0.1, -0.05) is 0 Å². The molecule has 3 amide bonds. The van der Waals surface area contributed by atoms with E-state index in [1.165, 1.54) is 11.9 Å². The molecule has 2 aliphatic rings. The third-order valence-electron chi connectivity index (χ3n) is 5.15. The normalized spacial score (nSPS) is 28.0. The maximum absolute atomic E-state index is 12.4. The van der Waals surface area contributed by atoms with Crippen LogP contribution in [-0.4, -0.2) is 63.7 Å². The SMILES string of the molecule is CN1C(=O)N[C@@](C)([C@@H]2CCCN(CCn3cc(C#N)cn3)C2)C1=O. The van der Waals surface area contributed by atoms with Crippen LogP contribution in [0.5, 0.6) is 0 Å². The highest BCUT2D eigenvalue weighted by atomic mass is 16.2. The number of hydrogen-bond donors (Lipinski definition) is 1. The van der Waals surface area contributed by atoms with Gasteiger partial charge in [0.1, 0.15) is 11.6 Å². The monoisotopic (exact) mass is 330 g/mol. The Morgan fingerprint density at radius 3 is 2.88 bits per heavy atom. The molecule has 0 unspecified atom stereocenters. The zero-order valence-electron chi connectivity index (χ0n) is 14.0. The van der Waals surface area contributed by atoms with Gasteiger partial charge in [0.15, 0.2) is 0 Å². The number of amides is 3. The predicted octanol–water partition coefficient (Wildman–Crippen LogP) is 0.407. The van der Waals surface area contributed by atoms with Crippen molar-refractivity contribution in [3.63, 3.8) is 0 Å². The molecule has 0 spiro atoms. The molecule has 1 aromatic rings. The number of imide groups is 1. The minimum absolute atomic E-state index is 0.0972. The summed E-state index contributed by atoms with van der Waals surface area (Å²) in [6.07, 6.45) is 5.21. The van der Waals surface area contributed by atoms with Gasteiger partial charge in [-0.3, -0.25) is 14.4 Å². The lowest BCUT2D eigenvalue weighted by Crippen LogP contribution is -2.56. The number of rotatable bonds is 4. The molecule has 2 saturated heterocycles. The van der Waals surface area contributed by atoms with Gasteiger partial charge >= 0.3 is 6.03 Å². The number of urea groups is 1. The first kappa shape index (κ1) is 16.5. The summed E-state index contributed by atoms with van der Waals surface area (Å²) in [6.45, 7) is 5.07. The summed E-state index contributed by atoms with van der Waals surface area (Å²) in [5, 5.41) is 15.9. The number of carbonyl (C=O) groups is 2. The number of nitrogens with zero attached hydrogens (tertiary/aromatic N) is 5. The van der Waals surface area contributed by atoms with Crippen LogP contribution in [0.4, 0.5) is 4.79 Å². The summed E-state index contributed by atoms with van der Waals surface area (Å²) in [5.74, 6) is -0.0509. The molecule has 8 nitrogen and oxygen atoms in total. The first-order valence-electron chi connectivity index (χ1n) is 8.19. The predicted molar refractivity (Wildman–Crippen MR) is 85.8 cm³/mol. The lowest BCUT2D eigenvalue weighted by atomic mass is 9.80. The number of nitrogens with one attached hydrogen (secondary N) is 1. The molecule has 24 heavy (non-hydrogen) atoms. The summed E-state index contributed by atoms with van der Waals surface area (Å²) in [6, 6.07) is 1.75. The van der Waals surface area contributed by atoms with Crippen LogP contribution in [0.25, 0.3) is 0 Å². The molecule has 0 saturated carbocycles. The second-order valence-corrected chi connectivity index (χ2v) is 6.74. The lowest BCUT2D eigenvalue weighted by Gasteiger charge is -2.39. The van der Waals surface area contributed by atoms with Crippen molar-refractivity contribution in [3.8, 4) is 6.07 Å². The summed E-state index contributed by atoms with van der Waals surface area (Å²) >= 11 is 0. The fourth-order valence-electron chi connectivity index (χ4n) is 3.59. The van der Waals surface area contributed by atoms with E-state index in [-0.39, 0.29) is 17.9 Å². The van der Waals surface area contributed by atoms with Crippen molar-refractivity contribution in [2.45, 2.75) is 31.8 Å². The van der Waals surface area contributed by atoms with Crippen molar-refractivity contribution >= 4 is 11.9 Å². The smallest absolute Gasteiger partial charge is 0.323 e. The fourth-order valence-corrected chi connectivity index (χ4v) is 3.59. The van der Waals surface area contributed by atoms with Gasteiger partial charge in [0.25, 0.3) is 5.91 Å². The Hall–Kier alpha value is -2.40. The molecule has 3 heterocycles. The van der Waals surface area contributed by atoms with Crippen LogP contribution < -0.4 is 5.32 Å². The van der Waals surface area contributed by atoms with Crippen LogP contribution in [-0.2, 0) is 11.3 Å². The Kier molecular flexibility index (Phi) is 4.28. The highest BCUT2D eigenvalue weighted by Crippen LogP contribution is 2.31. The number of carbonyl (C=O) groups excluding carboxylic acids is 2. The number of likely N-dealkylation sites (N-methyl/N-ethyl adjacent to an activating group) is 1. The van der Waals surface area contributed by atoms with Crippen LogP contribution in [0.2, 0.25) is 0 Å². The molecule has 3 rings (SSSR count). The third-order valence-corrected chi connectivity index (χ3v) is 5.15. The molecule has 1 N–H and O–H groups in total. The van der Waals surface area contributed by atoms with E-state index in [0.717, 1.165) is 32.5 Å². The van der Waals surface area contributed by atoms with Crippen molar-refractivity contribution < 1.29 is 9.59 Å². The lowest BCUT2D eigenvalue weighted by molar-refractivity contribution is -0.132. The molecule has 128 valence electrons. The zero-order valence-corrected chi connectivity index (χ0v) is 14.0. The van der Waals surface area contributed by atoms with E-state index < -0.39 is 5.54 Å². The Morgan fingerprint density at radius 1 is 1.46 bits per heavy atom. The largest absolute Gasteiger partial charge is 0.324 e. The number of likely N-dealkylation sites (tertiary alicyclic amines) is 1. The first-order valence-corrected chi connectivity index (χ1v) is 8.19. The van der Waals surface area contributed by atoms with Crippen LogP contribution in [0.15, 0.2) is 12.4 Å². The highest BCUT2D eigenvalue weighted by Gasteiger charge is 2.51. The Bertz CT molecular complexity index is 693. The number of aromatic nitrogens is 2. The van der Waals surface area contributed by atoms with E-state index in [1.807, 2.05) is 6.92 Å². The van der Waals surface area contributed by atoms with Crippen molar-refractivity contribution in [2.24, 2.45) is 5.92 Å². The van der Waals surface area contributed by atoms with Gasteiger partial charge in [0.05, 0.1) is 18.3 Å². The molecule has 0 aromatic carbocycles. The van der Waals surface area contributed by atoms with E-state index in [0.29, 0.717) is 12.1 Å². The standard InChI is InChI=1S/C16H22N6O2/c1-16(14(23)20(2)15(24)19-16)13-4-3-5-21(11-13)6-7-22-10-12(8-17)9-18-22/h9-10,13H,3-7,11H2,1-2H3,(H,19,24)/t13-,16+/m1/s1. The maximum Gasteiger partial charge on any atom is 0.324 e. The summed E-state index contributed by atoms with van der Waals surface area (Å²) in [7, 11) is 1.52. The average Bonchev–Trinajstić information content (AvgIpc) is 3.13. The van der Waals surface area contributed by atoms with Crippen molar-refractivity contribution in [3.05, 3.63) is 18.0 Å². The maximum atomic E-state index is 12.4. The van der Waals surface area contributed by atoms with Crippen LogP contribution >= 0.6 is 0 Å². The van der Waals surface area contributed by atoms with Crippen LogP contribution in [0, 0.1) is 17.2 Å². The highest BCUT2D eigenvalue weighted by molar-refractivity contribution is 6.06. The number of piperidine rings is 1. The van der Waals surface area contributed by atoms with Crippen LogP contribution in [0.1, 0.15) is 25.3 Å². The van der Waals surface area contributed by atoms with Crippen LogP contribution in [0.3, 0.4) is 0 Å². The second-order valence-electron chi connectivity index (χ2n) is 6.74. The number of hydrogen-bond acceptors (Lipinski definition) is 5. The van der Waals surface area contributed by atoms with Gasteiger partial charge in [0.2, 0.25) is 0 Å². The number of nitriles is 1. The molecule has 2 aliphatic heterocycles. The van der Waals surface area contributed by atoms with E-state index in [9.17, 15) is 9.59 Å². The first-order chi connectivity index (χ1) is 11.4. The van der Waals surface area contributed by atoms with Gasteiger partial charge in [-0.05, 0) is 26.3 Å². The van der Waals surface area contributed by atoms with Gasteiger partial charge < -0.3 is 10.2 Å². The molecule has 2 atom stereocenters. The van der Waals surface area contributed by atoms with Crippen molar-refractivity contribution in [1.29, 1.82) is 5.26 Å². The molecular weight excluding hydrogens is 308 g/mol. The van der Waals surface area contributed by atoms with E-state index in [1.54, 1.807) is 17.1 Å². The molecule has 0 bridgehead atoms. The van der Waals surface area contributed by atoms with E-state index in [2.05, 4.69) is 21.4 Å². The topological polar surface area (TPSA) is 94.3 Å². The molecule has 0 aliphatic carbocycles. The van der Waals surface area contributed by atoms with Gasteiger partial charge in [-0.25, -0.2) is 4.79 Å². The molecular formula is C16H22N6O2. The quantitative estimate of drug-likeness (QED) is 0.807. The molecule has 8 heteroatoms. The minimum Gasteiger partial charge on any atom is -0.323 e. The summed E-state index contributed by atoms with van der Waals surface area (Å²) < 4.78 is 1.76. The molecule has 0 radical (unpaired) electrons. The van der Waals surface area contributed by atoms with Gasteiger partial charge in [-0.15, -0.1) is 0 Å². The van der Waals surface area contributed by atoms with Crippen molar-refractivity contribution in [1.82, 2.24) is 24.9 Å². The van der Waals surface area contributed by atoms with Gasteiger partial charge in [-0.2, -0.15) is 10.4 Å². The second kappa shape index (κ2) is 6.24. The Morgan fingerprint density at radius 2 is 2.25 bits per heavy atom. The summed E-state index contributed by atoms with van der Waals surface area (Å²) in [4.78, 5) is 27.7. The fraction of sp³-hybridized carbons (Fsp3) is 0.625. The minimum atomic E-state index is -0.815. The average molecular weight is 330 g/mol. The van der Waals surface area contributed by atoms with E-state index in [4.69, 9.17) is 5.26 Å². The van der Waals surface area contributed by atoms with Gasteiger partial charge in [0, 0.05) is 32.3 Å². The Labute approximate surface area is 141 Å². The zero-order chi connectivity index (χ0) is 17.3. The molecule has 1 aromatic heterocycles. The van der Waals surface area contributed by atoms with E-state index >= 15 is 0 Å². The Balaban J connectivity index is 1.61.